The van der Waals surface area contributed by atoms with E-state index in [2.05, 4.69) is 4.98 Å². The summed E-state index contributed by atoms with van der Waals surface area (Å²) in [4.78, 5) is 35.0. The highest BCUT2D eigenvalue weighted by atomic mass is 19.4. The molecule has 0 amide bonds. The van der Waals surface area contributed by atoms with Crippen LogP contribution in [0.5, 0.6) is 0 Å². The summed E-state index contributed by atoms with van der Waals surface area (Å²) in [5.41, 5.74) is 3.68. The fourth-order valence-corrected chi connectivity index (χ4v) is 5.08. The van der Waals surface area contributed by atoms with Crippen molar-refractivity contribution in [2.75, 3.05) is 0 Å². The number of carbonyl (C=O) groups excluding carboxylic acids is 2. The average molecular weight is 517 g/mol. The first-order valence-electron chi connectivity index (χ1n) is 12.8. The van der Waals surface area contributed by atoms with Crippen molar-refractivity contribution in [2.45, 2.75) is 57.0 Å². The molecule has 1 aliphatic carbocycles. The molecule has 0 atom stereocenters. The van der Waals surface area contributed by atoms with Gasteiger partial charge in [0, 0.05) is 36.1 Å². The van der Waals surface area contributed by atoms with E-state index in [9.17, 15) is 22.8 Å². The highest BCUT2D eigenvalue weighted by molar-refractivity contribution is 6.10. The van der Waals surface area contributed by atoms with Gasteiger partial charge in [0.1, 0.15) is 5.78 Å². The molecule has 1 heterocycles. The number of alkyl halides is 3. The van der Waals surface area contributed by atoms with Gasteiger partial charge in [-0.05, 0) is 48.2 Å². The van der Waals surface area contributed by atoms with Gasteiger partial charge in [0.2, 0.25) is 0 Å². The lowest BCUT2D eigenvalue weighted by Crippen LogP contribution is -2.09. The van der Waals surface area contributed by atoms with Gasteiger partial charge in [0.05, 0.1) is 22.3 Å². The number of fused-ring (bicyclic) bond motifs is 1. The summed E-state index contributed by atoms with van der Waals surface area (Å²) in [6.07, 6.45) is 3.29. The minimum Gasteiger partial charge on any atom is -0.299 e. The Morgan fingerprint density at radius 1 is 0.789 bits per heavy atom. The zero-order valence-corrected chi connectivity index (χ0v) is 20.8. The minimum absolute atomic E-state index is 0.0697. The fraction of sp³-hybridized carbons (Fsp3) is 0.290. The van der Waals surface area contributed by atoms with Crippen LogP contribution >= 0.6 is 0 Å². The van der Waals surface area contributed by atoms with Gasteiger partial charge in [-0.15, -0.1) is 0 Å². The maximum atomic E-state index is 13.2. The zero-order chi connectivity index (χ0) is 26.7. The molecule has 0 aliphatic heterocycles. The van der Waals surface area contributed by atoms with Crippen molar-refractivity contribution < 1.29 is 22.8 Å². The van der Waals surface area contributed by atoms with Gasteiger partial charge in [-0.2, -0.15) is 13.2 Å². The number of hydrogen-bond acceptors (Lipinski definition) is 4. The topological polar surface area (TPSA) is 59.9 Å². The normalized spacial score (nSPS) is 14.5. The quantitative estimate of drug-likeness (QED) is 0.242. The fourth-order valence-electron chi connectivity index (χ4n) is 5.08. The number of halogens is 3. The van der Waals surface area contributed by atoms with Gasteiger partial charge in [-0.3, -0.25) is 14.6 Å². The molecule has 0 unspecified atom stereocenters. The molecule has 4 aromatic rings. The van der Waals surface area contributed by atoms with Crippen LogP contribution in [0.2, 0.25) is 0 Å². The van der Waals surface area contributed by atoms with Crippen LogP contribution in [0.3, 0.4) is 0 Å². The molecule has 5 rings (SSSR count). The third kappa shape index (κ3) is 5.98. The number of hydrogen-bond donors (Lipinski definition) is 0. The Hall–Kier alpha value is -3.87. The lowest BCUT2D eigenvalue weighted by atomic mass is 9.87. The summed E-state index contributed by atoms with van der Waals surface area (Å²) in [5.74, 6) is 0.0627. The second-order valence-electron chi connectivity index (χ2n) is 9.95. The van der Waals surface area contributed by atoms with E-state index >= 15 is 0 Å². The molecule has 1 saturated carbocycles. The summed E-state index contributed by atoms with van der Waals surface area (Å²) in [6, 6.07) is 16.9. The molecule has 194 valence electrons. The number of rotatable bonds is 7. The van der Waals surface area contributed by atoms with Gasteiger partial charge in [-0.1, -0.05) is 61.7 Å². The molecular formula is C31H27F3N2O2. The van der Waals surface area contributed by atoms with Crippen LogP contribution in [0.25, 0.3) is 11.0 Å². The first kappa shape index (κ1) is 25.8. The van der Waals surface area contributed by atoms with E-state index in [1.54, 1.807) is 42.5 Å². The first-order chi connectivity index (χ1) is 18.3. The molecule has 38 heavy (non-hydrogen) atoms. The van der Waals surface area contributed by atoms with Gasteiger partial charge < -0.3 is 0 Å². The van der Waals surface area contributed by atoms with Crippen molar-refractivity contribution in [3.8, 4) is 0 Å². The molecular weight excluding hydrogens is 489 g/mol. The maximum Gasteiger partial charge on any atom is 0.416 e. The van der Waals surface area contributed by atoms with Crippen LogP contribution in [0.4, 0.5) is 13.2 Å². The second-order valence-corrected chi connectivity index (χ2v) is 9.95. The predicted molar refractivity (Wildman–Crippen MR) is 139 cm³/mol. The first-order valence-corrected chi connectivity index (χ1v) is 12.8. The van der Waals surface area contributed by atoms with Gasteiger partial charge in [-0.25, -0.2) is 4.98 Å². The van der Waals surface area contributed by atoms with Crippen LogP contribution in [0.1, 0.15) is 76.3 Å². The molecule has 0 spiro atoms. The summed E-state index contributed by atoms with van der Waals surface area (Å²) >= 11 is 0. The number of ketones is 2. The molecule has 4 nitrogen and oxygen atoms in total. The van der Waals surface area contributed by atoms with Crippen molar-refractivity contribution in [2.24, 2.45) is 0 Å². The summed E-state index contributed by atoms with van der Waals surface area (Å²) in [7, 11) is 0. The monoisotopic (exact) mass is 516 g/mol. The number of Topliss-reactive ketones (excluding diaryl/α,β-unsaturated/α-hetero) is 1. The van der Waals surface area contributed by atoms with Crippen LogP contribution in [-0.2, 0) is 23.8 Å². The Kier molecular flexibility index (Phi) is 7.36. The van der Waals surface area contributed by atoms with Crippen molar-refractivity contribution >= 4 is 22.6 Å². The SMILES string of the molecule is O=C(Cc1ccc(C(=O)c2ccc3ncc(C4CCCCC4)nc3c2)cc1)Cc1cccc(C(F)(F)F)c1. The largest absolute Gasteiger partial charge is 0.416 e. The molecule has 0 radical (unpaired) electrons. The van der Waals surface area contributed by atoms with Crippen molar-refractivity contribution in [1.29, 1.82) is 0 Å². The summed E-state index contributed by atoms with van der Waals surface area (Å²) < 4.78 is 38.8. The number of nitrogens with zero attached hydrogens (tertiary/aromatic N) is 2. The minimum atomic E-state index is -4.45. The third-order valence-electron chi connectivity index (χ3n) is 7.12. The lowest BCUT2D eigenvalue weighted by Gasteiger charge is -2.20. The molecule has 0 saturated heterocycles. The van der Waals surface area contributed by atoms with E-state index in [0.717, 1.165) is 36.2 Å². The van der Waals surface area contributed by atoms with Crippen LogP contribution < -0.4 is 0 Å². The number of benzene rings is 3. The molecule has 7 heteroatoms. The van der Waals surface area contributed by atoms with E-state index in [-0.39, 0.29) is 24.4 Å². The average Bonchev–Trinajstić information content (AvgIpc) is 2.92. The van der Waals surface area contributed by atoms with E-state index in [0.29, 0.717) is 33.7 Å². The molecule has 1 aliphatic rings. The molecule has 0 bridgehead atoms. The highest BCUT2D eigenvalue weighted by Crippen LogP contribution is 2.32. The Labute approximate surface area is 218 Å². The van der Waals surface area contributed by atoms with E-state index < -0.39 is 11.7 Å². The van der Waals surface area contributed by atoms with E-state index in [1.807, 2.05) is 6.20 Å². The second kappa shape index (κ2) is 10.9. The van der Waals surface area contributed by atoms with Crippen LogP contribution in [0.15, 0.2) is 72.9 Å². The smallest absolute Gasteiger partial charge is 0.299 e. The summed E-state index contributed by atoms with van der Waals surface area (Å²) in [6.45, 7) is 0. The van der Waals surface area contributed by atoms with Crippen LogP contribution in [-0.4, -0.2) is 21.5 Å². The van der Waals surface area contributed by atoms with E-state index in [1.165, 1.54) is 31.4 Å². The van der Waals surface area contributed by atoms with Crippen LogP contribution in [0, 0.1) is 0 Å². The Morgan fingerprint density at radius 2 is 1.50 bits per heavy atom. The Bertz CT molecular complexity index is 1470. The Morgan fingerprint density at radius 3 is 2.24 bits per heavy atom. The number of carbonyl (C=O) groups is 2. The Balaban J connectivity index is 1.26. The molecule has 3 aromatic carbocycles. The lowest BCUT2D eigenvalue weighted by molar-refractivity contribution is -0.137. The molecule has 1 fully saturated rings. The highest BCUT2D eigenvalue weighted by Gasteiger charge is 2.30. The number of aromatic nitrogens is 2. The maximum absolute atomic E-state index is 13.2. The third-order valence-corrected chi connectivity index (χ3v) is 7.12. The van der Waals surface area contributed by atoms with E-state index in [4.69, 9.17) is 4.98 Å². The molecule has 0 N–H and O–H groups in total. The van der Waals surface area contributed by atoms with Gasteiger partial charge in [0.25, 0.3) is 0 Å². The summed E-state index contributed by atoms with van der Waals surface area (Å²) in [5, 5.41) is 0. The zero-order valence-electron chi connectivity index (χ0n) is 20.8. The van der Waals surface area contributed by atoms with Crippen molar-refractivity contribution in [1.82, 2.24) is 9.97 Å². The van der Waals surface area contributed by atoms with Crippen molar-refractivity contribution in [3.05, 3.63) is 106 Å². The predicted octanol–water partition coefficient (Wildman–Crippen LogP) is 7.28. The van der Waals surface area contributed by atoms with Gasteiger partial charge >= 0.3 is 6.18 Å². The van der Waals surface area contributed by atoms with Crippen molar-refractivity contribution in [3.63, 3.8) is 0 Å². The van der Waals surface area contributed by atoms with Gasteiger partial charge in [0.15, 0.2) is 5.78 Å². The standard InChI is InChI=1S/C31H27F3N2O2/c32-31(33,34)25-8-4-5-21(15-25)17-26(37)16-20-9-11-23(12-10-20)30(38)24-13-14-27-28(18-24)36-29(19-35-27)22-6-2-1-3-7-22/h4-5,8-15,18-19,22H,1-3,6-7,16-17H2. The molecule has 1 aromatic heterocycles.